The molecular weight excluding hydrogens is 403 g/mol. The molecule has 2 heterocycles. The number of hydrogen-bond donors (Lipinski definition) is 2. The molecule has 1 saturated carbocycles. The van der Waals surface area contributed by atoms with Crippen LogP contribution in [0, 0.1) is 11.4 Å². The van der Waals surface area contributed by atoms with Crippen LogP contribution in [-0.4, -0.2) is 27.3 Å². The minimum absolute atomic E-state index is 0.0871. The van der Waals surface area contributed by atoms with Crippen LogP contribution in [0.3, 0.4) is 0 Å². The maximum atomic E-state index is 14.5. The van der Waals surface area contributed by atoms with Crippen LogP contribution in [0.25, 0.3) is 11.3 Å². The third kappa shape index (κ3) is 4.56. The number of halogens is 1. The monoisotopic (exact) mass is 434 g/mol. The molecule has 2 N–H and O–H groups in total. The van der Waals surface area contributed by atoms with Gasteiger partial charge in [-0.05, 0) is 55.6 Å². The molecule has 0 radical (unpaired) electrons. The van der Waals surface area contributed by atoms with Gasteiger partial charge in [0, 0.05) is 22.9 Å². The minimum Gasteiger partial charge on any atom is -0.371 e. The number of H-pyrrole nitrogens is 1. The standard InChI is InChI=1S/C26H31FN4O/c1-26(2)12-11-19-21(15-26)30-31-25(19)18-13-23(27)29-24(14-18)28-20-9-6-10-22(20)32-16-17-7-4-3-5-8-17/h3-5,7-8,13-14,20,22H,6,9-12,15-16H2,1-2H3,(H,28,29)(H,30,31). The molecule has 2 unspecified atom stereocenters. The van der Waals surface area contributed by atoms with Gasteiger partial charge < -0.3 is 10.1 Å². The Balaban J connectivity index is 1.32. The molecule has 168 valence electrons. The number of benzene rings is 1. The van der Waals surface area contributed by atoms with Crippen molar-refractivity contribution in [2.24, 2.45) is 5.41 Å². The number of anilines is 1. The van der Waals surface area contributed by atoms with Crippen molar-refractivity contribution in [3.63, 3.8) is 0 Å². The average Bonchev–Trinajstić information content (AvgIpc) is 3.38. The molecule has 2 atom stereocenters. The van der Waals surface area contributed by atoms with Crippen molar-refractivity contribution in [2.75, 3.05) is 5.32 Å². The Labute approximate surface area is 188 Å². The number of pyridine rings is 1. The Morgan fingerprint density at radius 3 is 2.88 bits per heavy atom. The van der Waals surface area contributed by atoms with Gasteiger partial charge in [-0.3, -0.25) is 5.10 Å². The second kappa shape index (κ2) is 8.66. The number of nitrogens with one attached hydrogen (secondary N) is 2. The molecule has 3 aromatic rings. The first-order valence-corrected chi connectivity index (χ1v) is 11.6. The molecule has 2 aliphatic rings. The number of rotatable bonds is 6. The summed E-state index contributed by atoms with van der Waals surface area (Å²) >= 11 is 0. The molecule has 5 rings (SSSR count). The van der Waals surface area contributed by atoms with Gasteiger partial charge in [0.05, 0.1) is 24.4 Å². The fraction of sp³-hybridized carbons (Fsp3) is 0.462. The molecule has 2 aromatic heterocycles. The van der Waals surface area contributed by atoms with E-state index < -0.39 is 5.95 Å². The van der Waals surface area contributed by atoms with Gasteiger partial charge in [-0.2, -0.15) is 9.49 Å². The van der Waals surface area contributed by atoms with E-state index in [9.17, 15) is 4.39 Å². The summed E-state index contributed by atoms with van der Waals surface area (Å²) in [5.74, 6) is 0.0609. The highest BCUT2D eigenvalue weighted by molar-refractivity contribution is 5.67. The van der Waals surface area contributed by atoms with E-state index in [2.05, 4.69) is 46.5 Å². The van der Waals surface area contributed by atoms with Crippen molar-refractivity contribution in [3.05, 3.63) is 65.2 Å². The quantitative estimate of drug-likeness (QED) is 0.490. The largest absolute Gasteiger partial charge is 0.371 e. The van der Waals surface area contributed by atoms with Crippen LogP contribution in [0.1, 0.15) is 56.4 Å². The highest BCUT2D eigenvalue weighted by atomic mass is 19.1. The molecule has 0 bridgehead atoms. The number of aromatic nitrogens is 3. The zero-order valence-corrected chi connectivity index (χ0v) is 18.8. The second-order valence-electron chi connectivity index (χ2n) is 9.95. The van der Waals surface area contributed by atoms with E-state index in [4.69, 9.17) is 4.74 Å². The lowest BCUT2D eigenvalue weighted by Gasteiger charge is -2.29. The zero-order valence-electron chi connectivity index (χ0n) is 18.8. The molecular formula is C26H31FN4O. The lowest BCUT2D eigenvalue weighted by molar-refractivity contribution is 0.0394. The van der Waals surface area contributed by atoms with Gasteiger partial charge in [0.25, 0.3) is 0 Å². The van der Waals surface area contributed by atoms with Gasteiger partial charge in [-0.15, -0.1) is 0 Å². The molecule has 1 aromatic carbocycles. The molecule has 6 heteroatoms. The summed E-state index contributed by atoms with van der Waals surface area (Å²) in [5, 5.41) is 11.2. The van der Waals surface area contributed by atoms with Crippen LogP contribution < -0.4 is 5.32 Å². The van der Waals surface area contributed by atoms with Crippen molar-refractivity contribution >= 4 is 5.82 Å². The van der Waals surface area contributed by atoms with Gasteiger partial charge in [0.2, 0.25) is 5.95 Å². The van der Waals surface area contributed by atoms with Crippen LogP contribution in [-0.2, 0) is 24.2 Å². The maximum Gasteiger partial charge on any atom is 0.215 e. The first-order valence-electron chi connectivity index (χ1n) is 11.6. The van der Waals surface area contributed by atoms with E-state index >= 15 is 0 Å². The summed E-state index contributed by atoms with van der Waals surface area (Å²) in [6.07, 6.45) is 6.18. The Bertz CT molecular complexity index is 1080. The number of nitrogens with zero attached hydrogens (tertiary/aromatic N) is 2. The Hall–Kier alpha value is -2.73. The average molecular weight is 435 g/mol. The molecule has 0 aliphatic heterocycles. The minimum atomic E-state index is -0.488. The maximum absolute atomic E-state index is 14.5. The van der Waals surface area contributed by atoms with E-state index in [-0.39, 0.29) is 17.6 Å². The molecule has 32 heavy (non-hydrogen) atoms. The summed E-state index contributed by atoms with van der Waals surface area (Å²) in [6.45, 7) is 5.15. The summed E-state index contributed by atoms with van der Waals surface area (Å²) in [4.78, 5) is 4.12. The highest BCUT2D eigenvalue weighted by Crippen LogP contribution is 2.38. The van der Waals surface area contributed by atoms with Gasteiger partial charge in [0.1, 0.15) is 5.82 Å². The SMILES string of the molecule is CC1(C)CCc2c(-c3cc(F)nc(NC4CCCC4OCc4ccccc4)c3)n[nH]c2C1. The second-order valence-corrected chi connectivity index (χ2v) is 9.95. The number of ether oxygens (including phenoxy) is 1. The first-order chi connectivity index (χ1) is 15.5. The third-order valence-electron chi connectivity index (χ3n) is 6.82. The van der Waals surface area contributed by atoms with Crippen LogP contribution in [0.2, 0.25) is 0 Å². The fourth-order valence-electron chi connectivity index (χ4n) is 5.05. The van der Waals surface area contributed by atoms with E-state index in [1.165, 1.54) is 17.3 Å². The van der Waals surface area contributed by atoms with Gasteiger partial charge >= 0.3 is 0 Å². The van der Waals surface area contributed by atoms with Gasteiger partial charge in [-0.1, -0.05) is 44.2 Å². The van der Waals surface area contributed by atoms with Crippen molar-refractivity contribution in [2.45, 2.75) is 71.1 Å². The summed E-state index contributed by atoms with van der Waals surface area (Å²) in [5.41, 5.74) is 5.44. The summed E-state index contributed by atoms with van der Waals surface area (Å²) in [7, 11) is 0. The molecule has 5 nitrogen and oxygen atoms in total. The van der Waals surface area contributed by atoms with Crippen LogP contribution >= 0.6 is 0 Å². The number of fused-ring (bicyclic) bond motifs is 1. The smallest absolute Gasteiger partial charge is 0.215 e. The Morgan fingerprint density at radius 2 is 2.03 bits per heavy atom. The predicted molar refractivity (Wildman–Crippen MR) is 124 cm³/mol. The molecule has 2 aliphatic carbocycles. The van der Waals surface area contributed by atoms with Crippen LogP contribution in [0.5, 0.6) is 0 Å². The summed E-state index contributed by atoms with van der Waals surface area (Å²) in [6, 6.07) is 13.7. The van der Waals surface area contributed by atoms with Gasteiger partial charge in [-0.25, -0.2) is 4.98 Å². The van der Waals surface area contributed by atoms with Crippen molar-refractivity contribution < 1.29 is 9.13 Å². The van der Waals surface area contributed by atoms with E-state index in [0.29, 0.717) is 12.4 Å². The fourth-order valence-corrected chi connectivity index (χ4v) is 5.05. The van der Waals surface area contributed by atoms with Crippen LogP contribution in [0.4, 0.5) is 10.2 Å². The third-order valence-corrected chi connectivity index (χ3v) is 6.82. The highest BCUT2D eigenvalue weighted by Gasteiger charge is 2.30. The molecule has 0 spiro atoms. The first kappa shape index (κ1) is 21.1. The molecule has 1 fully saturated rings. The van der Waals surface area contributed by atoms with Crippen molar-refractivity contribution in [1.29, 1.82) is 0 Å². The predicted octanol–water partition coefficient (Wildman–Crippen LogP) is 5.68. The van der Waals surface area contributed by atoms with E-state index in [0.717, 1.165) is 55.3 Å². The van der Waals surface area contributed by atoms with Crippen molar-refractivity contribution in [1.82, 2.24) is 15.2 Å². The van der Waals surface area contributed by atoms with Gasteiger partial charge in [0.15, 0.2) is 0 Å². The van der Waals surface area contributed by atoms with E-state index in [1.807, 2.05) is 24.3 Å². The number of aromatic amines is 1. The lowest BCUT2D eigenvalue weighted by Crippen LogP contribution is -2.31. The normalized spacial score (nSPS) is 22.0. The topological polar surface area (TPSA) is 62.8 Å². The van der Waals surface area contributed by atoms with E-state index in [1.54, 1.807) is 0 Å². The van der Waals surface area contributed by atoms with Crippen LogP contribution in [0.15, 0.2) is 42.5 Å². The Morgan fingerprint density at radius 1 is 1.19 bits per heavy atom. The van der Waals surface area contributed by atoms with Crippen molar-refractivity contribution in [3.8, 4) is 11.3 Å². The number of hydrogen-bond acceptors (Lipinski definition) is 4. The molecule has 0 amide bonds. The Kier molecular flexibility index (Phi) is 5.72. The summed E-state index contributed by atoms with van der Waals surface area (Å²) < 4.78 is 20.7. The lowest BCUT2D eigenvalue weighted by atomic mass is 9.76. The molecule has 0 saturated heterocycles. The zero-order chi connectivity index (χ0) is 22.1.